The van der Waals surface area contributed by atoms with Crippen molar-refractivity contribution >= 4 is 0 Å². The Morgan fingerprint density at radius 3 is 2.37 bits per heavy atom. The van der Waals surface area contributed by atoms with Gasteiger partial charge in [-0.1, -0.05) is 45.9 Å². The van der Waals surface area contributed by atoms with Crippen LogP contribution >= 0.6 is 0 Å². The van der Waals surface area contributed by atoms with Gasteiger partial charge in [0.05, 0.1) is 6.61 Å². The second-order valence-corrected chi connectivity index (χ2v) is 6.22. The van der Waals surface area contributed by atoms with E-state index in [9.17, 15) is 0 Å². The molecule has 0 spiro atoms. The van der Waals surface area contributed by atoms with E-state index >= 15 is 0 Å². The molecule has 1 N–H and O–H groups in total. The maximum absolute atomic E-state index is 5.70. The standard InChI is InChI=1S/C17H29NO/c1-7-19-16-11-9-8-10-15(16)14(4)18-12-17(5,6)13(2)3/h8-11,13-14,18H,7,12H2,1-6H3. The van der Waals surface area contributed by atoms with E-state index in [-0.39, 0.29) is 0 Å². The lowest BCUT2D eigenvalue weighted by atomic mass is 9.81. The lowest BCUT2D eigenvalue weighted by molar-refractivity contribution is 0.229. The fraction of sp³-hybridized carbons (Fsp3) is 0.647. The summed E-state index contributed by atoms with van der Waals surface area (Å²) in [5.74, 6) is 1.65. The maximum atomic E-state index is 5.70. The molecule has 0 fully saturated rings. The summed E-state index contributed by atoms with van der Waals surface area (Å²) in [5, 5.41) is 3.64. The maximum Gasteiger partial charge on any atom is 0.124 e. The van der Waals surface area contributed by atoms with E-state index in [1.807, 2.05) is 19.1 Å². The number of hydrogen-bond acceptors (Lipinski definition) is 2. The predicted molar refractivity (Wildman–Crippen MR) is 82.6 cm³/mol. The first-order valence-electron chi connectivity index (χ1n) is 7.33. The van der Waals surface area contributed by atoms with E-state index in [0.717, 1.165) is 12.3 Å². The number of hydrogen-bond donors (Lipinski definition) is 1. The van der Waals surface area contributed by atoms with Crippen LogP contribution in [0.5, 0.6) is 5.75 Å². The number of rotatable bonds is 7. The SMILES string of the molecule is CCOc1ccccc1C(C)NCC(C)(C)C(C)C. The second-order valence-electron chi connectivity index (χ2n) is 6.22. The van der Waals surface area contributed by atoms with Gasteiger partial charge in [0, 0.05) is 18.2 Å². The summed E-state index contributed by atoms with van der Waals surface area (Å²) in [6.07, 6.45) is 0. The molecule has 0 saturated heterocycles. The second kappa shape index (κ2) is 6.95. The molecule has 0 heterocycles. The van der Waals surface area contributed by atoms with Gasteiger partial charge in [-0.25, -0.2) is 0 Å². The normalized spacial score (nSPS) is 13.6. The number of para-hydroxylation sites is 1. The highest BCUT2D eigenvalue weighted by Crippen LogP contribution is 2.28. The van der Waals surface area contributed by atoms with E-state index in [2.05, 4.69) is 52.1 Å². The van der Waals surface area contributed by atoms with Crippen molar-refractivity contribution < 1.29 is 4.74 Å². The Bertz CT molecular complexity index is 385. The van der Waals surface area contributed by atoms with E-state index in [4.69, 9.17) is 4.74 Å². The van der Waals surface area contributed by atoms with Crippen molar-refractivity contribution in [2.45, 2.75) is 47.6 Å². The summed E-state index contributed by atoms with van der Waals surface area (Å²) >= 11 is 0. The van der Waals surface area contributed by atoms with Gasteiger partial charge in [0.25, 0.3) is 0 Å². The molecule has 1 rings (SSSR count). The monoisotopic (exact) mass is 263 g/mol. The molecule has 0 radical (unpaired) electrons. The topological polar surface area (TPSA) is 21.3 Å². The van der Waals surface area contributed by atoms with E-state index in [1.54, 1.807) is 0 Å². The fourth-order valence-corrected chi connectivity index (χ4v) is 1.86. The van der Waals surface area contributed by atoms with Gasteiger partial charge < -0.3 is 10.1 Å². The lowest BCUT2D eigenvalue weighted by Gasteiger charge is -2.31. The van der Waals surface area contributed by atoms with Crippen molar-refractivity contribution in [1.82, 2.24) is 5.32 Å². The first-order valence-corrected chi connectivity index (χ1v) is 7.33. The Morgan fingerprint density at radius 2 is 1.79 bits per heavy atom. The largest absolute Gasteiger partial charge is 0.494 e. The highest BCUT2D eigenvalue weighted by Gasteiger charge is 2.23. The van der Waals surface area contributed by atoms with Gasteiger partial charge in [0.2, 0.25) is 0 Å². The Kier molecular flexibility index (Phi) is 5.86. The molecule has 0 bridgehead atoms. The van der Waals surface area contributed by atoms with Crippen molar-refractivity contribution in [3.63, 3.8) is 0 Å². The molecule has 0 aliphatic rings. The van der Waals surface area contributed by atoms with Crippen LogP contribution in [0.2, 0.25) is 0 Å². The van der Waals surface area contributed by atoms with Gasteiger partial charge >= 0.3 is 0 Å². The molecule has 0 aliphatic heterocycles. The summed E-state index contributed by atoms with van der Waals surface area (Å²) in [7, 11) is 0. The average molecular weight is 263 g/mol. The van der Waals surface area contributed by atoms with Gasteiger partial charge in [0.15, 0.2) is 0 Å². The quantitative estimate of drug-likeness (QED) is 0.786. The molecular weight excluding hydrogens is 234 g/mol. The van der Waals surface area contributed by atoms with Crippen LogP contribution in [0.4, 0.5) is 0 Å². The first kappa shape index (κ1) is 16.0. The van der Waals surface area contributed by atoms with Crippen LogP contribution in [-0.2, 0) is 0 Å². The third-order valence-electron chi connectivity index (χ3n) is 4.11. The summed E-state index contributed by atoms with van der Waals surface area (Å²) < 4.78 is 5.70. The highest BCUT2D eigenvalue weighted by atomic mass is 16.5. The number of ether oxygens (including phenoxy) is 1. The number of benzene rings is 1. The molecule has 0 saturated carbocycles. The smallest absolute Gasteiger partial charge is 0.124 e. The summed E-state index contributed by atoms with van der Waals surface area (Å²) in [6, 6.07) is 8.60. The molecular formula is C17H29NO. The lowest BCUT2D eigenvalue weighted by Crippen LogP contribution is -2.35. The molecule has 1 aromatic carbocycles. The minimum atomic E-state index is 0.300. The number of nitrogens with one attached hydrogen (secondary N) is 1. The van der Waals surface area contributed by atoms with Gasteiger partial charge in [-0.15, -0.1) is 0 Å². The highest BCUT2D eigenvalue weighted by molar-refractivity contribution is 5.35. The molecule has 0 aromatic heterocycles. The van der Waals surface area contributed by atoms with Crippen LogP contribution in [0.25, 0.3) is 0 Å². The van der Waals surface area contributed by atoms with Gasteiger partial charge in [-0.05, 0) is 31.2 Å². The van der Waals surface area contributed by atoms with E-state index < -0.39 is 0 Å². The van der Waals surface area contributed by atoms with Crippen LogP contribution in [0.3, 0.4) is 0 Å². The zero-order valence-electron chi connectivity index (χ0n) is 13.3. The van der Waals surface area contributed by atoms with Crippen LogP contribution < -0.4 is 10.1 Å². The van der Waals surface area contributed by atoms with Gasteiger partial charge in [-0.2, -0.15) is 0 Å². The molecule has 1 aromatic rings. The molecule has 19 heavy (non-hydrogen) atoms. The minimum Gasteiger partial charge on any atom is -0.494 e. The van der Waals surface area contributed by atoms with Crippen LogP contribution in [0.15, 0.2) is 24.3 Å². The third-order valence-corrected chi connectivity index (χ3v) is 4.11. The van der Waals surface area contributed by atoms with Crippen LogP contribution in [0.1, 0.15) is 53.1 Å². The zero-order chi connectivity index (χ0) is 14.5. The molecule has 1 unspecified atom stereocenters. The minimum absolute atomic E-state index is 0.300. The van der Waals surface area contributed by atoms with Gasteiger partial charge in [0.1, 0.15) is 5.75 Å². The summed E-state index contributed by atoms with van der Waals surface area (Å²) in [6.45, 7) is 15.1. The average Bonchev–Trinajstić information content (AvgIpc) is 2.37. The molecule has 2 nitrogen and oxygen atoms in total. The molecule has 108 valence electrons. The summed E-state index contributed by atoms with van der Waals surface area (Å²) in [5.41, 5.74) is 1.54. The molecule has 2 heteroatoms. The van der Waals surface area contributed by atoms with Crippen molar-refractivity contribution in [1.29, 1.82) is 0 Å². The Balaban J connectivity index is 2.70. The van der Waals surface area contributed by atoms with Crippen LogP contribution in [-0.4, -0.2) is 13.2 Å². The Labute approximate surface area is 118 Å². The third kappa shape index (κ3) is 4.54. The zero-order valence-corrected chi connectivity index (χ0v) is 13.3. The molecule has 0 aliphatic carbocycles. The Morgan fingerprint density at radius 1 is 1.16 bits per heavy atom. The summed E-state index contributed by atoms with van der Waals surface area (Å²) in [4.78, 5) is 0. The first-order chi connectivity index (χ1) is 8.88. The van der Waals surface area contributed by atoms with E-state index in [1.165, 1.54) is 5.56 Å². The van der Waals surface area contributed by atoms with E-state index in [0.29, 0.717) is 24.0 Å². The van der Waals surface area contributed by atoms with Crippen molar-refractivity contribution in [2.24, 2.45) is 11.3 Å². The Hall–Kier alpha value is -1.02. The molecule has 0 amide bonds. The predicted octanol–water partition coefficient (Wildman–Crippen LogP) is 4.42. The molecule has 1 atom stereocenters. The van der Waals surface area contributed by atoms with Crippen molar-refractivity contribution in [3.05, 3.63) is 29.8 Å². The fourth-order valence-electron chi connectivity index (χ4n) is 1.86. The van der Waals surface area contributed by atoms with Crippen LogP contribution in [0, 0.1) is 11.3 Å². The van der Waals surface area contributed by atoms with Crippen molar-refractivity contribution in [3.8, 4) is 5.75 Å². The van der Waals surface area contributed by atoms with Gasteiger partial charge in [-0.3, -0.25) is 0 Å². The van der Waals surface area contributed by atoms with Crippen molar-refractivity contribution in [2.75, 3.05) is 13.2 Å².